The molecule has 1 saturated carbocycles. The van der Waals surface area contributed by atoms with E-state index in [1.165, 1.54) is 61.6 Å². The van der Waals surface area contributed by atoms with Gasteiger partial charge in [0.1, 0.15) is 0 Å². The molecule has 1 heteroatoms. The minimum absolute atomic E-state index is 0.538. The molecule has 0 amide bonds. The Morgan fingerprint density at radius 3 is 2.38 bits per heavy atom. The van der Waals surface area contributed by atoms with Crippen LogP contribution in [0.25, 0.3) is 0 Å². The molecule has 0 aliphatic heterocycles. The van der Waals surface area contributed by atoms with E-state index < -0.39 is 0 Å². The van der Waals surface area contributed by atoms with E-state index in [0.717, 1.165) is 11.8 Å². The Hall–Kier alpha value is -0.820. The Morgan fingerprint density at radius 1 is 1.10 bits per heavy atom. The van der Waals surface area contributed by atoms with Gasteiger partial charge in [0.05, 0.1) is 0 Å². The van der Waals surface area contributed by atoms with Crippen LogP contribution in [-0.2, 0) is 0 Å². The van der Waals surface area contributed by atoms with Gasteiger partial charge in [-0.3, -0.25) is 0 Å². The molecule has 1 fully saturated rings. The molecular formula is C20H33N. The zero-order chi connectivity index (χ0) is 15.2. The van der Waals surface area contributed by atoms with E-state index in [1.807, 2.05) is 0 Å². The van der Waals surface area contributed by atoms with Crippen molar-refractivity contribution in [1.29, 1.82) is 0 Å². The minimum Gasteiger partial charge on any atom is -0.313 e. The van der Waals surface area contributed by atoms with E-state index in [0.29, 0.717) is 6.04 Å². The van der Waals surface area contributed by atoms with Crippen LogP contribution < -0.4 is 5.32 Å². The van der Waals surface area contributed by atoms with Gasteiger partial charge in [-0.1, -0.05) is 57.2 Å². The molecule has 0 aromatic heterocycles. The zero-order valence-corrected chi connectivity index (χ0v) is 14.4. The van der Waals surface area contributed by atoms with Crippen molar-refractivity contribution in [2.75, 3.05) is 7.05 Å². The van der Waals surface area contributed by atoms with E-state index in [-0.39, 0.29) is 0 Å². The quantitative estimate of drug-likeness (QED) is 0.722. The van der Waals surface area contributed by atoms with Gasteiger partial charge in [-0.25, -0.2) is 0 Å². The first-order valence-corrected chi connectivity index (χ1v) is 8.90. The van der Waals surface area contributed by atoms with E-state index in [2.05, 4.69) is 51.3 Å². The van der Waals surface area contributed by atoms with Crippen molar-refractivity contribution < 1.29 is 0 Å². The van der Waals surface area contributed by atoms with E-state index in [4.69, 9.17) is 0 Å². The maximum atomic E-state index is 3.59. The van der Waals surface area contributed by atoms with Crippen LogP contribution in [0.2, 0.25) is 0 Å². The Bertz CT molecular complexity index is 429. The summed E-state index contributed by atoms with van der Waals surface area (Å²) in [6.07, 6.45) is 9.89. The molecule has 0 saturated heterocycles. The summed E-state index contributed by atoms with van der Waals surface area (Å²) in [5.41, 5.74) is 4.30. The number of unbranched alkanes of at least 4 members (excludes halogenated alkanes) is 1. The molecule has 0 spiro atoms. The highest BCUT2D eigenvalue weighted by atomic mass is 14.9. The SMILES string of the molecule is CCCCC1CCC(C(NC)c2ccc(C)c(C)c2)CC1. The topological polar surface area (TPSA) is 12.0 Å². The molecule has 0 bridgehead atoms. The van der Waals surface area contributed by atoms with Crippen molar-refractivity contribution in [3.8, 4) is 0 Å². The normalized spacial score (nSPS) is 24.0. The molecule has 1 unspecified atom stereocenters. The molecule has 1 N–H and O–H groups in total. The molecule has 1 aromatic rings. The molecule has 1 aromatic carbocycles. The lowest BCUT2D eigenvalue weighted by Crippen LogP contribution is -2.29. The largest absolute Gasteiger partial charge is 0.313 e. The van der Waals surface area contributed by atoms with Crippen LogP contribution in [0.5, 0.6) is 0 Å². The Kier molecular flexibility index (Phi) is 6.29. The second-order valence-corrected chi connectivity index (χ2v) is 7.03. The molecular weight excluding hydrogens is 254 g/mol. The van der Waals surface area contributed by atoms with E-state index in [1.54, 1.807) is 0 Å². The number of aryl methyl sites for hydroxylation is 2. The van der Waals surface area contributed by atoms with Gasteiger partial charge in [-0.05, 0) is 62.3 Å². The third kappa shape index (κ3) is 4.32. The van der Waals surface area contributed by atoms with Gasteiger partial charge >= 0.3 is 0 Å². The molecule has 0 heterocycles. The number of hydrogen-bond donors (Lipinski definition) is 1. The maximum absolute atomic E-state index is 3.59. The van der Waals surface area contributed by atoms with Crippen molar-refractivity contribution in [2.45, 2.75) is 71.8 Å². The van der Waals surface area contributed by atoms with Gasteiger partial charge in [0.25, 0.3) is 0 Å². The lowest BCUT2D eigenvalue weighted by Gasteiger charge is -2.34. The average Bonchev–Trinajstić information content (AvgIpc) is 2.50. The van der Waals surface area contributed by atoms with Crippen molar-refractivity contribution >= 4 is 0 Å². The van der Waals surface area contributed by atoms with Crippen LogP contribution in [0.15, 0.2) is 18.2 Å². The third-order valence-corrected chi connectivity index (χ3v) is 5.53. The number of rotatable bonds is 6. The van der Waals surface area contributed by atoms with Crippen molar-refractivity contribution in [3.63, 3.8) is 0 Å². The van der Waals surface area contributed by atoms with Gasteiger partial charge in [0.15, 0.2) is 0 Å². The first-order chi connectivity index (χ1) is 10.2. The van der Waals surface area contributed by atoms with Crippen molar-refractivity contribution in [1.82, 2.24) is 5.32 Å². The van der Waals surface area contributed by atoms with Crippen LogP contribution in [0.4, 0.5) is 0 Å². The number of benzene rings is 1. The molecule has 1 aliphatic rings. The van der Waals surface area contributed by atoms with Gasteiger partial charge in [0.2, 0.25) is 0 Å². The summed E-state index contributed by atoms with van der Waals surface area (Å²) in [6.45, 7) is 6.74. The first kappa shape index (κ1) is 16.5. The van der Waals surface area contributed by atoms with Gasteiger partial charge < -0.3 is 5.32 Å². The predicted octanol–water partition coefficient (Wildman–Crippen LogP) is 5.56. The average molecular weight is 287 g/mol. The lowest BCUT2D eigenvalue weighted by molar-refractivity contribution is 0.218. The molecule has 118 valence electrons. The van der Waals surface area contributed by atoms with Gasteiger partial charge in [0, 0.05) is 6.04 Å². The molecule has 1 nitrogen and oxygen atoms in total. The fourth-order valence-electron chi connectivity index (χ4n) is 3.94. The summed E-state index contributed by atoms with van der Waals surface area (Å²) in [6, 6.07) is 7.53. The second-order valence-electron chi connectivity index (χ2n) is 7.03. The van der Waals surface area contributed by atoms with Gasteiger partial charge in [-0.15, -0.1) is 0 Å². The second kappa shape index (κ2) is 7.98. The smallest absolute Gasteiger partial charge is 0.0346 e. The fraction of sp³-hybridized carbons (Fsp3) is 0.700. The minimum atomic E-state index is 0.538. The molecule has 1 aliphatic carbocycles. The third-order valence-electron chi connectivity index (χ3n) is 5.53. The summed E-state index contributed by atoms with van der Waals surface area (Å²) in [4.78, 5) is 0. The molecule has 21 heavy (non-hydrogen) atoms. The lowest BCUT2D eigenvalue weighted by atomic mass is 9.75. The van der Waals surface area contributed by atoms with Crippen LogP contribution in [0.3, 0.4) is 0 Å². The summed E-state index contributed by atoms with van der Waals surface area (Å²) in [5, 5.41) is 3.59. The summed E-state index contributed by atoms with van der Waals surface area (Å²) in [5.74, 6) is 1.81. The maximum Gasteiger partial charge on any atom is 0.0346 e. The number of nitrogens with one attached hydrogen (secondary N) is 1. The van der Waals surface area contributed by atoms with Crippen LogP contribution in [0, 0.1) is 25.7 Å². The van der Waals surface area contributed by atoms with E-state index >= 15 is 0 Å². The Balaban J connectivity index is 1.97. The Morgan fingerprint density at radius 2 is 1.81 bits per heavy atom. The highest BCUT2D eigenvalue weighted by Gasteiger charge is 2.27. The zero-order valence-electron chi connectivity index (χ0n) is 14.4. The van der Waals surface area contributed by atoms with Gasteiger partial charge in [-0.2, -0.15) is 0 Å². The highest BCUT2D eigenvalue weighted by molar-refractivity contribution is 5.32. The van der Waals surface area contributed by atoms with Crippen LogP contribution in [-0.4, -0.2) is 7.05 Å². The monoisotopic (exact) mass is 287 g/mol. The predicted molar refractivity (Wildman–Crippen MR) is 92.7 cm³/mol. The van der Waals surface area contributed by atoms with Crippen LogP contribution in [0.1, 0.15) is 74.6 Å². The van der Waals surface area contributed by atoms with Crippen molar-refractivity contribution in [2.24, 2.45) is 11.8 Å². The highest BCUT2D eigenvalue weighted by Crippen LogP contribution is 2.38. The standard InChI is InChI=1S/C20H33N/c1-5-6-7-17-9-12-18(13-10-17)20(21-4)19-11-8-15(2)16(3)14-19/h8,11,14,17-18,20-21H,5-7,9-10,12-13H2,1-4H3. The fourth-order valence-corrected chi connectivity index (χ4v) is 3.94. The molecule has 0 radical (unpaired) electrons. The molecule has 1 atom stereocenters. The van der Waals surface area contributed by atoms with Crippen molar-refractivity contribution in [3.05, 3.63) is 34.9 Å². The number of hydrogen-bond acceptors (Lipinski definition) is 1. The summed E-state index contributed by atoms with van der Waals surface area (Å²) < 4.78 is 0. The Labute approximate surface area is 131 Å². The first-order valence-electron chi connectivity index (χ1n) is 8.90. The molecule has 2 rings (SSSR count). The van der Waals surface area contributed by atoms with E-state index in [9.17, 15) is 0 Å². The summed E-state index contributed by atoms with van der Waals surface area (Å²) >= 11 is 0. The van der Waals surface area contributed by atoms with Crippen LogP contribution >= 0.6 is 0 Å². The summed E-state index contributed by atoms with van der Waals surface area (Å²) in [7, 11) is 2.13.